The first kappa shape index (κ1) is 18.4. The maximum absolute atomic E-state index is 12.4. The van der Waals surface area contributed by atoms with Crippen molar-refractivity contribution >= 4 is 28.1 Å². The summed E-state index contributed by atoms with van der Waals surface area (Å²) in [5, 5.41) is 15.7. The number of hydrogen-bond acceptors (Lipinski definition) is 7. The highest BCUT2D eigenvalue weighted by Gasteiger charge is 2.13. The number of nitrogens with one attached hydrogen (secondary N) is 1. The molecule has 0 fully saturated rings. The van der Waals surface area contributed by atoms with E-state index in [0.29, 0.717) is 27.8 Å². The van der Waals surface area contributed by atoms with Gasteiger partial charge in [0.15, 0.2) is 11.0 Å². The number of nitro benzene ring substituents is 1. The summed E-state index contributed by atoms with van der Waals surface area (Å²) < 4.78 is 0. The predicted molar refractivity (Wildman–Crippen MR) is 110 cm³/mol. The quantitative estimate of drug-likeness (QED) is 0.390. The SMILES string of the molecule is O=C(Nc1nc(-c2cccc([N+](=O)[O-])c2)cs1)c1cnc(-c2ccccc2)nc1. The van der Waals surface area contributed by atoms with E-state index in [0.717, 1.165) is 5.56 Å². The minimum atomic E-state index is -0.461. The van der Waals surface area contributed by atoms with Gasteiger partial charge in [0.05, 0.1) is 16.2 Å². The number of carbonyl (C=O) groups excluding carboxylic acids is 1. The maximum atomic E-state index is 12.4. The Labute approximate surface area is 169 Å². The fraction of sp³-hybridized carbons (Fsp3) is 0. The molecule has 1 N–H and O–H groups in total. The molecular weight excluding hydrogens is 390 g/mol. The van der Waals surface area contributed by atoms with E-state index in [1.54, 1.807) is 17.5 Å². The molecule has 0 saturated heterocycles. The summed E-state index contributed by atoms with van der Waals surface area (Å²) in [7, 11) is 0. The molecular formula is C20H13N5O3S. The number of nitrogens with zero attached hydrogens (tertiary/aromatic N) is 4. The van der Waals surface area contributed by atoms with E-state index >= 15 is 0 Å². The van der Waals surface area contributed by atoms with E-state index in [1.165, 1.54) is 35.9 Å². The first-order valence-electron chi connectivity index (χ1n) is 8.49. The summed E-state index contributed by atoms with van der Waals surface area (Å²) in [6.45, 7) is 0. The minimum absolute atomic E-state index is 0.0169. The van der Waals surface area contributed by atoms with Gasteiger partial charge >= 0.3 is 0 Å². The topological polar surface area (TPSA) is 111 Å². The number of nitro groups is 1. The van der Waals surface area contributed by atoms with Gasteiger partial charge in [-0.25, -0.2) is 15.0 Å². The molecule has 2 aromatic carbocycles. The molecule has 0 radical (unpaired) electrons. The lowest BCUT2D eigenvalue weighted by molar-refractivity contribution is -0.384. The van der Waals surface area contributed by atoms with Crippen molar-refractivity contribution in [3.63, 3.8) is 0 Å². The summed E-state index contributed by atoms with van der Waals surface area (Å²) in [6.07, 6.45) is 2.92. The number of thiazole rings is 1. The maximum Gasteiger partial charge on any atom is 0.270 e. The van der Waals surface area contributed by atoms with Crippen LogP contribution in [0, 0.1) is 10.1 Å². The van der Waals surface area contributed by atoms with Crippen LogP contribution in [0.4, 0.5) is 10.8 Å². The molecule has 0 bridgehead atoms. The van der Waals surface area contributed by atoms with Gasteiger partial charge in [-0.2, -0.15) is 0 Å². The minimum Gasteiger partial charge on any atom is -0.298 e. The first-order valence-corrected chi connectivity index (χ1v) is 9.37. The van der Waals surface area contributed by atoms with Crippen molar-refractivity contribution in [2.24, 2.45) is 0 Å². The van der Waals surface area contributed by atoms with Crippen molar-refractivity contribution in [1.82, 2.24) is 15.0 Å². The Hall–Kier alpha value is -3.98. The van der Waals surface area contributed by atoms with Crippen LogP contribution in [0.1, 0.15) is 10.4 Å². The summed E-state index contributed by atoms with van der Waals surface area (Å²) in [5.74, 6) is 0.147. The van der Waals surface area contributed by atoms with Gasteiger partial charge in [0.2, 0.25) is 0 Å². The van der Waals surface area contributed by atoms with E-state index < -0.39 is 4.92 Å². The molecule has 2 aromatic heterocycles. The van der Waals surface area contributed by atoms with Gasteiger partial charge in [-0.05, 0) is 0 Å². The van der Waals surface area contributed by atoms with E-state index in [9.17, 15) is 14.9 Å². The van der Waals surface area contributed by atoms with Crippen LogP contribution in [0.15, 0.2) is 72.4 Å². The first-order chi connectivity index (χ1) is 14.1. The molecule has 29 heavy (non-hydrogen) atoms. The van der Waals surface area contributed by atoms with Crippen molar-refractivity contribution < 1.29 is 9.72 Å². The molecule has 1 amide bonds. The molecule has 142 valence electrons. The third-order valence-electron chi connectivity index (χ3n) is 4.02. The fourth-order valence-electron chi connectivity index (χ4n) is 2.59. The molecule has 2 heterocycles. The second-order valence-electron chi connectivity index (χ2n) is 5.96. The summed E-state index contributed by atoms with van der Waals surface area (Å²) in [4.78, 5) is 35.7. The van der Waals surface area contributed by atoms with Gasteiger partial charge in [-0.15, -0.1) is 11.3 Å². The van der Waals surface area contributed by atoms with Crippen LogP contribution < -0.4 is 5.32 Å². The molecule has 9 heteroatoms. The van der Waals surface area contributed by atoms with E-state index in [1.807, 2.05) is 30.3 Å². The van der Waals surface area contributed by atoms with Crippen molar-refractivity contribution in [2.75, 3.05) is 5.32 Å². The van der Waals surface area contributed by atoms with Crippen molar-refractivity contribution in [3.05, 3.63) is 88.0 Å². The van der Waals surface area contributed by atoms with Crippen molar-refractivity contribution in [2.45, 2.75) is 0 Å². The predicted octanol–water partition coefficient (Wildman–Crippen LogP) is 4.43. The highest BCUT2D eigenvalue weighted by atomic mass is 32.1. The smallest absolute Gasteiger partial charge is 0.270 e. The second-order valence-corrected chi connectivity index (χ2v) is 6.82. The van der Waals surface area contributed by atoms with E-state index in [4.69, 9.17) is 0 Å². The molecule has 8 nitrogen and oxygen atoms in total. The molecule has 0 aliphatic heterocycles. The Morgan fingerprint density at radius 2 is 1.72 bits per heavy atom. The third-order valence-corrected chi connectivity index (χ3v) is 4.78. The molecule has 4 aromatic rings. The fourth-order valence-corrected chi connectivity index (χ4v) is 3.31. The highest BCUT2D eigenvalue weighted by molar-refractivity contribution is 7.14. The number of anilines is 1. The Morgan fingerprint density at radius 1 is 1.00 bits per heavy atom. The molecule has 4 rings (SSSR count). The van der Waals surface area contributed by atoms with Gasteiger partial charge < -0.3 is 0 Å². The third kappa shape index (κ3) is 4.14. The molecule has 0 aliphatic rings. The summed E-state index contributed by atoms with van der Waals surface area (Å²) in [6, 6.07) is 15.6. The Bertz CT molecular complexity index is 1180. The lowest BCUT2D eigenvalue weighted by Crippen LogP contribution is -2.12. The number of carbonyl (C=O) groups is 1. The Kier molecular flexibility index (Phi) is 5.04. The van der Waals surface area contributed by atoms with Crippen LogP contribution in [0.3, 0.4) is 0 Å². The molecule has 0 saturated carbocycles. The van der Waals surface area contributed by atoms with Crippen LogP contribution in [-0.2, 0) is 0 Å². The lowest BCUT2D eigenvalue weighted by Gasteiger charge is -2.03. The second kappa shape index (κ2) is 7.95. The number of aromatic nitrogens is 3. The van der Waals surface area contributed by atoms with Gasteiger partial charge in [0, 0.05) is 41.0 Å². The summed E-state index contributed by atoms with van der Waals surface area (Å²) >= 11 is 1.23. The zero-order chi connectivity index (χ0) is 20.2. The van der Waals surface area contributed by atoms with Crippen LogP contribution in [0.25, 0.3) is 22.6 Å². The van der Waals surface area contributed by atoms with Crippen LogP contribution >= 0.6 is 11.3 Å². The highest BCUT2D eigenvalue weighted by Crippen LogP contribution is 2.27. The van der Waals surface area contributed by atoms with Crippen molar-refractivity contribution in [1.29, 1.82) is 0 Å². The van der Waals surface area contributed by atoms with Crippen LogP contribution in [0.2, 0.25) is 0 Å². The van der Waals surface area contributed by atoms with Gasteiger partial charge in [-0.3, -0.25) is 20.2 Å². The number of hydrogen-bond donors (Lipinski definition) is 1. The van der Waals surface area contributed by atoms with Gasteiger partial charge in [0.1, 0.15) is 0 Å². The lowest BCUT2D eigenvalue weighted by atomic mass is 10.1. The molecule has 0 unspecified atom stereocenters. The monoisotopic (exact) mass is 403 g/mol. The molecule has 0 atom stereocenters. The zero-order valence-corrected chi connectivity index (χ0v) is 15.7. The van der Waals surface area contributed by atoms with Gasteiger partial charge in [0.25, 0.3) is 11.6 Å². The van der Waals surface area contributed by atoms with Crippen molar-refractivity contribution in [3.8, 4) is 22.6 Å². The summed E-state index contributed by atoms with van der Waals surface area (Å²) in [5.41, 5.74) is 2.30. The average Bonchev–Trinajstić information content (AvgIpc) is 3.23. The van der Waals surface area contributed by atoms with Gasteiger partial charge in [-0.1, -0.05) is 42.5 Å². The number of benzene rings is 2. The Morgan fingerprint density at radius 3 is 2.45 bits per heavy atom. The number of non-ortho nitro benzene ring substituents is 1. The van der Waals surface area contributed by atoms with Crippen LogP contribution in [0.5, 0.6) is 0 Å². The Balaban J connectivity index is 1.48. The number of rotatable bonds is 5. The largest absolute Gasteiger partial charge is 0.298 e. The zero-order valence-electron chi connectivity index (χ0n) is 14.9. The standard InChI is InChI=1S/C20H13N5O3S/c26-19(15-10-21-18(22-11-15)13-5-2-1-3-6-13)24-20-23-17(12-29-20)14-7-4-8-16(9-14)25(27)28/h1-12H,(H,23,24,26). The normalized spacial score (nSPS) is 10.5. The van der Waals surface area contributed by atoms with E-state index in [-0.39, 0.29) is 11.6 Å². The van der Waals surface area contributed by atoms with E-state index in [2.05, 4.69) is 20.3 Å². The van der Waals surface area contributed by atoms with Crippen LogP contribution in [-0.4, -0.2) is 25.8 Å². The molecule has 0 spiro atoms. The number of amides is 1. The average molecular weight is 403 g/mol. The molecule has 0 aliphatic carbocycles.